The predicted molar refractivity (Wildman–Crippen MR) is 72.0 cm³/mol. The Morgan fingerprint density at radius 3 is 2.75 bits per heavy atom. The van der Waals surface area contributed by atoms with Crippen LogP contribution in [-0.4, -0.2) is 4.98 Å². The van der Waals surface area contributed by atoms with Crippen LogP contribution >= 0.6 is 22.7 Å². The molecule has 2 nitrogen and oxygen atoms in total. The van der Waals surface area contributed by atoms with Crippen molar-refractivity contribution in [3.8, 4) is 10.6 Å². The Kier molecular flexibility index (Phi) is 3.15. The van der Waals surface area contributed by atoms with E-state index in [4.69, 9.17) is 5.73 Å². The topological polar surface area (TPSA) is 38.9 Å². The highest BCUT2D eigenvalue weighted by Gasteiger charge is 2.22. The lowest BCUT2D eigenvalue weighted by molar-refractivity contribution is 0.474. The van der Waals surface area contributed by atoms with Crippen LogP contribution < -0.4 is 5.73 Å². The molecule has 2 rings (SSSR count). The van der Waals surface area contributed by atoms with E-state index >= 15 is 0 Å². The van der Waals surface area contributed by atoms with E-state index in [0.717, 1.165) is 17.1 Å². The second-order valence-corrected chi connectivity index (χ2v) is 6.37. The van der Waals surface area contributed by atoms with Crippen molar-refractivity contribution in [2.45, 2.75) is 32.7 Å². The van der Waals surface area contributed by atoms with Gasteiger partial charge in [0.05, 0.1) is 16.1 Å². The van der Waals surface area contributed by atoms with Gasteiger partial charge in [0.1, 0.15) is 5.01 Å². The zero-order valence-corrected chi connectivity index (χ0v) is 11.4. The largest absolute Gasteiger partial charge is 0.320 e. The van der Waals surface area contributed by atoms with Crippen molar-refractivity contribution in [2.75, 3.05) is 0 Å². The van der Waals surface area contributed by atoms with Gasteiger partial charge in [-0.1, -0.05) is 6.92 Å². The molecule has 0 aliphatic heterocycles. The Labute approximate surface area is 104 Å². The van der Waals surface area contributed by atoms with Crippen LogP contribution in [0.25, 0.3) is 10.6 Å². The maximum Gasteiger partial charge on any atom is 0.113 e. The molecule has 0 amide bonds. The van der Waals surface area contributed by atoms with E-state index in [1.54, 1.807) is 22.7 Å². The molecule has 2 N–H and O–H groups in total. The molecule has 0 aromatic carbocycles. The maximum atomic E-state index is 6.19. The summed E-state index contributed by atoms with van der Waals surface area (Å²) in [5, 5.41) is 3.12. The van der Waals surface area contributed by atoms with E-state index in [2.05, 4.69) is 36.3 Å². The first-order chi connectivity index (χ1) is 7.53. The first kappa shape index (κ1) is 11.8. The Bertz CT molecular complexity index is 483. The number of rotatable bonds is 3. The zero-order chi connectivity index (χ0) is 11.8. The number of hydrogen-bond acceptors (Lipinski definition) is 4. The molecule has 4 heteroatoms. The molecule has 0 fully saturated rings. The van der Waals surface area contributed by atoms with Gasteiger partial charge >= 0.3 is 0 Å². The fourth-order valence-corrected chi connectivity index (χ4v) is 3.24. The minimum absolute atomic E-state index is 0.296. The molecule has 16 heavy (non-hydrogen) atoms. The molecule has 2 aromatic heterocycles. The molecule has 0 aliphatic rings. The summed E-state index contributed by atoms with van der Waals surface area (Å²) in [6, 6.07) is 4.25. The lowest BCUT2D eigenvalue weighted by atomic mass is 10.0. The van der Waals surface area contributed by atoms with E-state index in [1.165, 1.54) is 9.75 Å². The molecule has 0 aliphatic carbocycles. The molecule has 0 saturated carbocycles. The summed E-state index contributed by atoms with van der Waals surface area (Å²) in [7, 11) is 0. The number of nitrogens with two attached hydrogens (primary N) is 1. The Morgan fingerprint density at radius 1 is 1.44 bits per heavy atom. The monoisotopic (exact) mass is 252 g/mol. The first-order valence-corrected chi connectivity index (χ1v) is 7.04. The number of hydrogen-bond donors (Lipinski definition) is 1. The van der Waals surface area contributed by atoms with E-state index in [9.17, 15) is 0 Å². The zero-order valence-electron chi connectivity index (χ0n) is 9.78. The average Bonchev–Trinajstić information content (AvgIpc) is 2.85. The van der Waals surface area contributed by atoms with Crippen molar-refractivity contribution < 1.29 is 0 Å². The smallest absolute Gasteiger partial charge is 0.113 e. The number of nitrogens with zero attached hydrogens (tertiary/aromatic N) is 1. The van der Waals surface area contributed by atoms with Crippen molar-refractivity contribution in [3.05, 3.63) is 27.4 Å². The van der Waals surface area contributed by atoms with Crippen LogP contribution in [0.1, 0.15) is 30.2 Å². The van der Waals surface area contributed by atoms with Crippen LogP contribution in [0.15, 0.2) is 17.5 Å². The van der Waals surface area contributed by atoms with Crippen molar-refractivity contribution in [3.63, 3.8) is 0 Å². The number of aromatic nitrogens is 1. The van der Waals surface area contributed by atoms with Gasteiger partial charge in [-0.15, -0.1) is 22.7 Å². The van der Waals surface area contributed by atoms with Gasteiger partial charge in [0.2, 0.25) is 0 Å². The summed E-state index contributed by atoms with van der Waals surface area (Å²) in [5.41, 5.74) is 6.95. The molecule has 0 bridgehead atoms. The molecule has 86 valence electrons. The van der Waals surface area contributed by atoms with Crippen LogP contribution in [0.3, 0.4) is 0 Å². The van der Waals surface area contributed by atoms with Gasteiger partial charge in [-0.25, -0.2) is 4.98 Å². The standard InChI is InChI=1S/C12H16N2S2/c1-4-12(3,13)11-14-9(7-15-11)10-6-5-8(2)16-10/h5-7H,4,13H2,1-3H3. The van der Waals surface area contributed by atoms with Gasteiger partial charge in [-0.2, -0.15) is 0 Å². The van der Waals surface area contributed by atoms with Crippen molar-refractivity contribution >= 4 is 22.7 Å². The van der Waals surface area contributed by atoms with E-state index in [-0.39, 0.29) is 5.54 Å². The molecule has 2 aromatic rings. The van der Waals surface area contributed by atoms with Crippen LogP contribution in [0.5, 0.6) is 0 Å². The minimum Gasteiger partial charge on any atom is -0.320 e. The summed E-state index contributed by atoms with van der Waals surface area (Å²) in [6.45, 7) is 6.24. The average molecular weight is 252 g/mol. The van der Waals surface area contributed by atoms with Crippen LogP contribution in [0.2, 0.25) is 0 Å². The summed E-state index contributed by atoms with van der Waals surface area (Å²) in [5.74, 6) is 0. The van der Waals surface area contributed by atoms with Gasteiger partial charge < -0.3 is 5.73 Å². The second-order valence-electron chi connectivity index (χ2n) is 4.22. The minimum atomic E-state index is -0.296. The number of aryl methyl sites for hydroxylation is 1. The van der Waals surface area contributed by atoms with Gasteiger partial charge in [0.25, 0.3) is 0 Å². The highest BCUT2D eigenvalue weighted by atomic mass is 32.1. The maximum absolute atomic E-state index is 6.19. The molecular weight excluding hydrogens is 236 g/mol. The normalized spacial score (nSPS) is 15.0. The Balaban J connectivity index is 2.33. The molecule has 2 heterocycles. The quantitative estimate of drug-likeness (QED) is 0.903. The summed E-state index contributed by atoms with van der Waals surface area (Å²) >= 11 is 3.43. The lowest BCUT2D eigenvalue weighted by Gasteiger charge is -2.18. The molecule has 0 radical (unpaired) electrons. The lowest BCUT2D eigenvalue weighted by Crippen LogP contribution is -2.31. The molecule has 1 unspecified atom stereocenters. The second kappa shape index (κ2) is 4.28. The highest BCUT2D eigenvalue weighted by molar-refractivity contribution is 7.16. The van der Waals surface area contributed by atoms with Gasteiger partial charge in [0.15, 0.2) is 0 Å². The summed E-state index contributed by atoms with van der Waals surface area (Å²) < 4.78 is 0. The Hall–Kier alpha value is -0.710. The molecule has 0 spiro atoms. The number of thiophene rings is 1. The number of thiazole rings is 1. The van der Waals surface area contributed by atoms with Gasteiger partial charge in [-0.3, -0.25) is 0 Å². The van der Waals surface area contributed by atoms with Crippen molar-refractivity contribution in [1.29, 1.82) is 0 Å². The predicted octanol–water partition coefficient (Wildman–Crippen LogP) is 3.76. The van der Waals surface area contributed by atoms with E-state index in [0.29, 0.717) is 0 Å². The van der Waals surface area contributed by atoms with Crippen molar-refractivity contribution in [1.82, 2.24) is 4.98 Å². The van der Waals surface area contributed by atoms with Crippen LogP contribution in [0, 0.1) is 6.92 Å². The van der Waals surface area contributed by atoms with E-state index < -0.39 is 0 Å². The van der Waals surface area contributed by atoms with Gasteiger partial charge in [0, 0.05) is 10.3 Å². The van der Waals surface area contributed by atoms with Crippen LogP contribution in [0.4, 0.5) is 0 Å². The summed E-state index contributed by atoms with van der Waals surface area (Å²) in [6.07, 6.45) is 0.906. The fraction of sp³-hybridized carbons (Fsp3) is 0.417. The highest BCUT2D eigenvalue weighted by Crippen LogP contribution is 2.32. The molecule has 1 atom stereocenters. The van der Waals surface area contributed by atoms with Crippen molar-refractivity contribution in [2.24, 2.45) is 5.73 Å². The summed E-state index contributed by atoms with van der Waals surface area (Å²) in [4.78, 5) is 7.18. The van der Waals surface area contributed by atoms with Gasteiger partial charge in [-0.05, 0) is 32.4 Å². The first-order valence-electron chi connectivity index (χ1n) is 5.34. The third-order valence-corrected chi connectivity index (χ3v) is 4.87. The SMILES string of the molecule is CCC(C)(N)c1nc(-c2ccc(C)s2)cs1. The molecular formula is C12H16N2S2. The third-order valence-electron chi connectivity index (χ3n) is 2.72. The molecule has 0 saturated heterocycles. The third kappa shape index (κ3) is 2.19. The van der Waals surface area contributed by atoms with E-state index in [1.807, 2.05) is 6.92 Å². The Morgan fingerprint density at radius 2 is 2.19 bits per heavy atom. The fourth-order valence-electron chi connectivity index (χ4n) is 1.37. The van der Waals surface area contributed by atoms with Crippen LogP contribution in [-0.2, 0) is 5.54 Å².